The molecule has 0 aromatic rings. The van der Waals surface area contributed by atoms with E-state index in [1.54, 1.807) is 0 Å². The molecule has 68 valence electrons. The third-order valence-electron chi connectivity index (χ3n) is 1.09. The Morgan fingerprint density at radius 1 is 1.25 bits per heavy atom. The highest BCUT2D eigenvalue weighted by Gasteiger charge is 2.05. The lowest BCUT2D eigenvalue weighted by atomic mass is 10.4. The summed E-state index contributed by atoms with van der Waals surface area (Å²) >= 11 is 0. The number of carboxylic acids is 2. The normalized spacial score (nSPS) is 14.2. The Kier molecular flexibility index (Phi) is 4.43. The minimum atomic E-state index is -1.82. The molecule has 0 spiro atoms. The second-order valence-electron chi connectivity index (χ2n) is 2.06. The molecule has 0 aliphatic carbocycles. The lowest BCUT2D eigenvalue weighted by Gasteiger charge is -1.80. The van der Waals surface area contributed by atoms with Crippen molar-refractivity contribution in [2.75, 3.05) is 6.54 Å². The number of aliphatic carboxylic acids is 2. The fourth-order valence-corrected chi connectivity index (χ4v) is 0.565. The zero-order valence-corrected chi connectivity index (χ0v) is 6.24. The summed E-state index contributed by atoms with van der Waals surface area (Å²) in [6.07, 6.45) is 1.76. The highest BCUT2D eigenvalue weighted by Crippen LogP contribution is 1.93. The van der Waals surface area contributed by atoms with Crippen LogP contribution >= 0.6 is 0 Å². The van der Waals surface area contributed by atoms with Crippen LogP contribution in [0.2, 0.25) is 0 Å². The number of hydrogen-bond donors (Lipinski definition) is 3. The molecule has 0 radical (unpaired) electrons. The Morgan fingerprint density at radius 3 is 1.83 bits per heavy atom. The Hall–Kier alpha value is -1.59. The van der Waals surface area contributed by atoms with Crippen LogP contribution < -0.4 is 5.32 Å². The Balaban J connectivity index is 0.000000202. The van der Waals surface area contributed by atoms with E-state index in [2.05, 4.69) is 5.32 Å². The van der Waals surface area contributed by atoms with Crippen LogP contribution in [-0.2, 0) is 14.4 Å². The third-order valence-corrected chi connectivity index (χ3v) is 1.09. The van der Waals surface area contributed by atoms with Crippen molar-refractivity contribution < 1.29 is 24.6 Å². The van der Waals surface area contributed by atoms with E-state index < -0.39 is 11.9 Å². The molecule has 1 aliphatic heterocycles. The minimum Gasteiger partial charge on any atom is -0.473 e. The zero-order chi connectivity index (χ0) is 9.56. The smallest absolute Gasteiger partial charge is 0.414 e. The molecule has 3 N–H and O–H groups in total. The van der Waals surface area contributed by atoms with E-state index >= 15 is 0 Å². The summed E-state index contributed by atoms with van der Waals surface area (Å²) in [5, 5.41) is 17.5. The predicted octanol–water partition coefficient (Wildman–Crippen LogP) is -0.948. The van der Waals surface area contributed by atoms with E-state index in [1.165, 1.54) is 0 Å². The van der Waals surface area contributed by atoms with Gasteiger partial charge in [0.2, 0.25) is 5.91 Å². The molecule has 1 saturated heterocycles. The van der Waals surface area contributed by atoms with Gasteiger partial charge in [-0.3, -0.25) is 4.79 Å². The van der Waals surface area contributed by atoms with Gasteiger partial charge in [-0.1, -0.05) is 0 Å². The van der Waals surface area contributed by atoms with Crippen LogP contribution in [0.15, 0.2) is 0 Å². The molecule has 1 fully saturated rings. The first-order valence-electron chi connectivity index (χ1n) is 3.27. The third kappa shape index (κ3) is 5.21. The number of carbonyl (C=O) groups excluding carboxylic acids is 1. The topological polar surface area (TPSA) is 104 Å². The summed E-state index contributed by atoms with van der Waals surface area (Å²) in [5.41, 5.74) is 0. The van der Waals surface area contributed by atoms with Crippen LogP contribution in [0.1, 0.15) is 12.8 Å². The molecule has 12 heavy (non-hydrogen) atoms. The number of rotatable bonds is 0. The number of nitrogens with one attached hydrogen (secondary N) is 1. The summed E-state index contributed by atoms with van der Waals surface area (Å²) in [6, 6.07) is 0. The predicted molar refractivity (Wildman–Crippen MR) is 37.5 cm³/mol. The van der Waals surface area contributed by atoms with Gasteiger partial charge in [0.1, 0.15) is 0 Å². The summed E-state index contributed by atoms with van der Waals surface area (Å²) < 4.78 is 0. The maximum Gasteiger partial charge on any atom is 0.414 e. The van der Waals surface area contributed by atoms with E-state index in [0.717, 1.165) is 19.4 Å². The van der Waals surface area contributed by atoms with Crippen molar-refractivity contribution in [1.29, 1.82) is 0 Å². The van der Waals surface area contributed by atoms with Crippen molar-refractivity contribution in [3.8, 4) is 0 Å². The minimum absolute atomic E-state index is 0.204. The number of amides is 1. The van der Waals surface area contributed by atoms with Gasteiger partial charge < -0.3 is 15.5 Å². The second kappa shape index (κ2) is 5.11. The average molecular weight is 175 g/mol. The van der Waals surface area contributed by atoms with Crippen molar-refractivity contribution >= 4 is 17.8 Å². The van der Waals surface area contributed by atoms with Gasteiger partial charge in [-0.2, -0.15) is 0 Å². The average Bonchev–Trinajstić information content (AvgIpc) is 2.40. The molecule has 0 unspecified atom stereocenters. The molecule has 6 nitrogen and oxygen atoms in total. The summed E-state index contributed by atoms with van der Waals surface area (Å²) in [4.78, 5) is 28.3. The number of hydrogen-bond acceptors (Lipinski definition) is 3. The Labute approximate surface area is 68.2 Å². The first-order chi connectivity index (χ1) is 5.54. The van der Waals surface area contributed by atoms with E-state index in [9.17, 15) is 4.79 Å². The number of carboxylic acid groups (broad SMARTS) is 2. The fraction of sp³-hybridized carbons (Fsp3) is 0.500. The van der Waals surface area contributed by atoms with E-state index in [0.29, 0.717) is 0 Å². The highest BCUT2D eigenvalue weighted by atomic mass is 16.4. The fourth-order valence-electron chi connectivity index (χ4n) is 0.565. The maximum absolute atomic E-state index is 10.1. The second-order valence-corrected chi connectivity index (χ2v) is 2.06. The Morgan fingerprint density at radius 2 is 1.75 bits per heavy atom. The van der Waals surface area contributed by atoms with Crippen molar-refractivity contribution in [1.82, 2.24) is 5.32 Å². The number of carbonyl (C=O) groups is 3. The van der Waals surface area contributed by atoms with Gasteiger partial charge in [-0.25, -0.2) is 9.59 Å². The molecule has 0 bridgehead atoms. The van der Waals surface area contributed by atoms with Gasteiger partial charge in [0.25, 0.3) is 0 Å². The lowest BCUT2D eigenvalue weighted by molar-refractivity contribution is -0.159. The van der Waals surface area contributed by atoms with Crippen LogP contribution in [0.25, 0.3) is 0 Å². The SMILES string of the molecule is O=C(O)C(=O)O.O=C1CCCN1. The molecular formula is C6H9NO5. The molecule has 1 rings (SSSR count). The quantitative estimate of drug-likeness (QED) is 0.412. The van der Waals surface area contributed by atoms with Crippen molar-refractivity contribution in [3.63, 3.8) is 0 Å². The van der Waals surface area contributed by atoms with Gasteiger partial charge in [-0.05, 0) is 6.42 Å². The monoisotopic (exact) mass is 175 g/mol. The van der Waals surface area contributed by atoms with Crippen LogP contribution in [0, 0.1) is 0 Å². The van der Waals surface area contributed by atoms with Gasteiger partial charge in [-0.15, -0.1) is 0 Å². The molecule has 1 aliphatic rings. The van der Waals surface area contributed by atoms with Gasteiger partial charge in [0.15, 0.2) is 0 Å². The first kappa shape index (κ1) is 10.4. The first-order valence-corrected chi connectivity index (χ1v) is 3.27. The van der Waals surface area contributed by atoms with Gasteiger partial charge >= 0.3 is 11.9 Å². The molecular weight excluding hydrogens is 166 g/mol. The van der Waals surface area contributed by atoms with Crippen LogP contribution in [0.3, 0.4) is 0 Å². The van der Waals surface area contributed by atoms with E-state index in [4.69, 9.17) is 19.8 Å². The summed E-state index contributed by atoms with van der Waals surface area (Å²) in [7, 11) is 0. The van der Waals surface area contributed by atoms with Crippen LogP contribution in [0.5, 0.6) is 0 Å². The molecule has 1 amide bonds. The van der Waals surface area contributed by atoms with Gasteiger partial charge in [0, 0.05) is 13.0 Å². The van der Waals surface area contributed by atoms with Crippen molar-refractivity contribution in [2.45, 2.75) is 12.8 Å². The van der Waals surface area contributed by atoms with Crippen LogP contribution in [0.4, 0.5) is 0 Å². The zero-order valence-electron chi connectivity index (χ0n) is 6.24. The molecule has 0 saturated carbocycles. The molecule has 0 aromatic carbocycles. The highest BCUT2D eigenvalue weighted by molar-refractivity contribution is 6.27. The van der Waals surface area contributed by atoms with Crippen LogP contribution in [-0.4, -0.2) is 34.6 Å². The molecule has 0 aromatic heterocycles. The van der Waals surface area contributed by atoms with Gasteiger partial charge in [0.05, 0.1) is 0 Å². The largest absolute Gasteiger partial charge is 0.473 e. The van der Waals surface area contributed by atoms with E-state index in [1.807, 2.05) is 0 Å². The molecule has 1 heterocycles. The molecule has 6 heteroatoms. The lowest BCUT2D eigenvalue weighted by Crippen LogP contribution is -2.12. The summed E-state index contributed by atoms with van der Waals surface area (Å²) in [5.74, 6) is -3.44. The van der Waals surface area contributed by atoms with Crippen molar-refractivity contribution in [3.05, 3.63) is 0 Å². The Bertz CT molecular complexity index is 180. The maximum atomic E-state index is 10.1. The summed E-state index contributed by atoms with van der Waals surface area (Å²) in [6.45, 7) is 0.888. The standard InChI is InChI=1S/C4H7NO.C2H2O4/c6-4-2-1-3-5-4;3-1(4)2(5)6/h1-3H2,(H,5,6);(H,3,4)(H,5,6). The molecule has 0 atom stereocenters. The van der Waals surface area contributed by atoms with E-state index in [-0.39, 0.29) is 5.91 Å². The van der Waals surface area contributed by atoms with Crippen molar-refractivity contribution in [2.24, 2.45) is 0 Å².